The molecule has 108 valence electrons. The number of aliphatic hydroxyl groups is 2. The first-order chi connectivity index (χ1) is 8.95. The Morgan fingerprint density at radius 2 is 1.84 bits per heavy atom. The third-order valence-corrected chi connectivity index (χ3v) is 4.02. The molecular formula is C13H20O5S. The zero-order chi connectivity index (χ0) is 14.3. The molecule has 0 fully saturated rings. The van der Waals surface area contributed by atoms with E-state index in [1.165, 1.54) is 12.1 Å². The molecule has 5 nitrogen and oxygen atoms in total. The molecule has 0 aromatic heterocycles. The fourth-order valence-corrected chi connectivity index (χ4v) is 2.46. The van der Waals surface area contributed by atoms with Gasteiger partial charge in [0.1, 0.15) is 0 Å². The maximum atomic E-state index is 11.8. The van der Waals surface area contributed by atoms with Crippen molar-refractivity contribution in [2.24, 2.45) is 0 Å². The summed E-state index contributed by atoms with van der Waals surface area (Å²) in [6.07, 6.45) is 0.811. The van der Waals surface area contributed by atoms with Gasteiger partial charge in [-0.2, -0.15) is 8.42 Å². The summed E-state index contributed by atoms with van der Waals surface area (Å²) in [6, 6.07) is 6.46. The van der Waals surface area contributed by atoms with Gasteiger partial charge in [0.25, 0.3) is 10.1 Å². The highest BCUT2D eigenvalue weighted by molar-refractivity contribution is 7.86. The predicted octanol–water partition coefficient (Wildman–Crippen LogP) is 1.22. The average molecular weight is 288 g/mol. The lowest BCUT2D eigenvalue weighted by Crippen LogP contribution is -2.12. The number of aryl methyl sites for hydroxylation is 1. The molecule has 0 saturated heterocycles. The maximum absolute atomic E-state index is 11.8. The topological polar surface area (TPSA) is 83.8 Å². The van der Waals surface area contributed by atoms with Crippen LogP contribution < -0.4 is 0 Å². The first kappa shape index (κ1) is 16.1. The number of aliphatic hydroxyl groups excluding tert-OH is 2. The van der Waals surface area contributed by atoms with Crippen molar-refractivity contribution >= 4 is 10.1 Å². The molecule has 0 spiro atoms. The van der Waals surface area contributed by atoms with Crippen molar-refractivity contribution in [1.29, 1.82) is 0 Å². The Bertz CT molecular complexity index is 466. The minimum Gasteiger partial charge on any atom is -0.394 e. The summed E-state index contributed by atoms with van der Waals surface area (Å²) in [7, 11) is -3.70. The van der Waals surface area contributed by atoms with Gasteiger partial charge in [-0.3, -0.25) is 4.18 Å². The third kappa shape index (κ3) is 5.69. The molecule has 1 rings (SSSR count). The molecule has 0 saturated carbocycles. The minimum atomic E-state index is -3.70. The minimum absolute atomic E-state index is 0.0777. The number of rotatable bonds is 8. The van der Waals surface area contributed by atoms with Gasteiger partial charge in [-0.25, -0.2) is 0 Å². The molecule has 0 radical (unpaired) electrons. The zero-order valence-corrected chi connectivity index (χ0v) is 11.8. The Morgan fingerprint density at radius 3 is 2.42 bits per heavy atom. The van der Waals surface area contributed by atoms with Crippen LogP contribution in [-0.4, -0.2) is 37.9 Å². The van der Waals surface area contributed by atoms with Gasteiger partial charge in [-0.15, -0.1) is 0 Å². The molecular weight excluding hydrogens is 268 g/mol. The van der Waals surface area contributed by atoms with Gasteiger partial charge in [-0.1, -0.05) is 17.7 Å². The number of unbranched alkanes of at least 4 members (excludes halogenated alkanes) is 1. The van der Waals surface area contributed by atoms with Crippen LogP contribution in [0.3, 0.4) is 0 Å². The smallest absolute Gasteiger partial charge is 0.296 e. The van der Waals surface area contributed by atoms with E-state index in [2.05, 4.69) is 0 Å². The Kier molecular flexibility index (Phi) is 6.44. The second kappa shape index (κ2) is 7.59. The molecule has 6 heteroatoms. The molecule has 0 aliphatic rings. The van der Waals surface area contributed by atoms with Crippen LogP contribution >= 0.6 is 0 Å². The van der Waals surface area contributed by atoms with E-state index in [1.54, 1.807) is 12.1 Å². The van der Waals surface area contributed by atoms with E-state index >= 15 is 0 Å². The van der Waals surface area contributed by atoms with Gasteiger partial charge < -0.3 is 10.2 Å². The fraction of sp³-hybridized carbons (Fsp3) is 0.538. The van der Waals surface area contributed by atoms with Gasteiger partial charge in [0, 0.05) is 0 Å². The second-order valence-electron chi connectivity index (χ2n) is 4.42. The molecule has 1 atom stereocenters. The molecule has 0 amide bonds. The van der Waals surface area contributed by atoms with Gasteiger partial charge in [0.05, 0.1) is 24.2 Å². The van der Waals surface area contributed by atoms with Crippen molar-refractivity contribution in [2.45, 2.75) is 37.2 Å². The third-order valence-electron chi connectivity index (χ3n) is 2.69. The predicted molar refractivity (Wildman–Crippen MR) is 71.3 cm³/mol. The van der Waals surface area contributed by atoms with E-state index in [9.17, 15) is 8.42 Å². The molecule has 19 heavy (non-hydrogen) atoms. The van der Waals surface area contributed by atoms with Crippen LogP contribution in [0.15, 0.2) is 29.2 Å². The Hall–Kier alpha value is -0.950. The van der Waals surface area contributed by atoms with Gasteiger partial charge in [0.15, 0.2) is 0 Å². The van der Waals surface area contributed by atoms with Crippen molar-refractivity contribution in [3.05, 3.63) is 29.8 Å². The number of benzene rings is 1. The van der Waals surface area contributed by atoms with E-state index in [-0.39, 0.29) is 18.1 Å². The highest BCUT2D eigenvalue weighted by Crippen LogP contribution is 2.14. The SMILES string of the molecule is Cc1ccc(S(=O)(=O)OCCCCC(O)CO)cc1. The summed E-state index contributed by atoms with van der Waals surface area (Å²) < 4.78 is 28.5. The van der Waals surface area contributed by atoms with Crippen LogP contribution in [-0.2, 0) is 14.3 Å². The largest absolute Gasteiger partial charge is 0.394 e. The van der Waals surface area contributed by atoms with E-state index in [0.717, 1.165) is 5.56 Å². The van der Waals surface area contributed by atoms with E-state index < -0.39 is 16.2 Å². The van der Waals surface area contributed by atoms with Gasteiger partial charge in [0.2, 0.25) is 0 Å². The number of hydrogen-bond donors (Lipinski definition) is 2. The molecule has 1 aromatic carbocycles. The first-order valence-corrected chi connectivity index (χ1v) is 7.61. The molecule has 0 aliphatic carbocycles. The molecule has 2 N–H and O–H groups in total. The van der Waals surface area contributed by atoms with Crippen LogP contribution in [0.5, 0.6) is 0 Å². The number of hydrogen-bond acceptors (Lipinski definition) is 5. The molecule has 1 unspecified atom stereocenters. The molecule has 0 aliphatic heterocycles. The Balaban J connectivity index is 2.37. The quantitative estimate of drug-likeness (QED) is 0.555. The average Bonchev–Trinajstić information content (AvgIpc) is 2.38. The lowest BCUT2D eigenvalue weighted by molar-refractivity contribution is 0.0852. The van der Waals surface area contributed by atoms with Crippen LogP contribution in [0, 0.1) is 6.92 Å². The zero-order valence-electron chi connectivity index (χ0n) is 10.9. The normalized spacial score (nSPS) is 13.4. The molecule has 1 aromatic rings. The standard InChI is InChI=1S/C13H20O5S/c1-11-5-7-13(8-6-11)19(16,17)18-9-3-2-4-12(15)10-14/h5-8,12,14-15H,2-4,9-10H2,1H3. The molecule has 0 bridgehead atoms. The molecule has 0 heterocycles. The van der Waals surface area contributed by atoms with Crippen LogP contribution in [0.4, 0.5) is 0 Å². The summed E-state index contributed by atoms with van der Waals surface area (Å²) in [5.74, 6) is 0. The summed E-state index contributed by atoms with van der Waals surface area (Å²) in [5.41, 5.74) is 0.983. The van der Waals surface area contributed by atoms with Crippen LogP contribution in [0.1, 0.15) is 24.8 Å². The Labute approximate surface area is 114 Å². The van der Waals surface area contributed by atoms with Gasteiger partial charge in [-0.05, 0) is 38.3 Å². The second-order valence-corrected chi connectivity index (χ2v) is 6.04. The van der Waals surface area contributed by atoms with E-state index in [4.69, 9.17) is 14.4 Å². The van der Waals surface area contributed by atoms with Crippen molar-refractivity contribution in [3.63, 3.8) is 0 Å². The fourth-order valence-electron chi connectivity index (χ4n) is 1.51. The van der Waals surface area contributed by atoms with Crippen molar-refractivity contribution < 1.29 is 22.8 Å². The highest BCUT2D eigenvalue weighted by Gasteiger charge is 2.14. The van der Waals surface area contributed by atoms with Gasteiger partial charge >= 0.3 is 0 Å². The first-order valence-electron chi connectivity index (χ1n) is 6.21. The Morgan fingerprint density at radius 1 is 1.21 bits per heavy atom. The monoisotopic (exact) mass is 288 g/mol. The lowest BCUT2D eigenvalue weighted by atomic mass is 10.2. The summed E-state index contributed by atoms with van der Waals surface area (Å²) in [4.78, 5) is 0.147. The van der Waals surface area contributed by atoms with Crippen molar-refractivity contribution in [2.75, 3.05) is 13.2 Å². The summed E-state index contributed by atoms with van der Waals surface area (Å²) in [5, 5.41) is 17.7. The van der Waals surface area contributed by atoms with Crippen LogP contribution in [0.25, 0.3) is 0 Å². The van der Waals surface area contributed by atoms with Crippen molar-refractivity contribution in [3.8, 4) is 0 Å². The van der Waals surface area contributed by atoms with E-state index in [1.807, 2.05) is 6.92 Å². The van der Waals surface area contributed by atoms with E-state index in [0.29, 0.717) is 19.3 Å². The van der Waals surface area contributed by atoms with Crippen molar-refractivity contribution in [1.82, 2.24) is 0 Å². The summed E-state index contributed by atoms with van der Waals surface area (Å²) in [6.45, 7) is 1.68. The maximum Gasteiger partial charge on any atom is 0.296 e. The lowest BCUT2D eigenvalue weighted by Gasteiger charge is -2.07. The van der Waals surface area contributed by atoms with Crippen LogP contribution in [0.2, 0.25) is 0 Å². The summed E-state index contributed by atoms with van der Waals surface area (Å²) >= 11 is 0. The highest BCUT2D eigenvalue weighted by atomic mass is 32.2.